The molecule has 1 heterocycles. The van der Waals surface area contributed by atoms with Gasteiger partial charge in [0.15, 0.2) is 16.8 Å². The van der Waals surface area contributed by atoms with Crippen molar-refractivity contribution in [1.82, 2.24) is 14.8 Å². The molecule has 33 heavy (non-hydrogen) atoms. The molecule has 0 aliphatic carbocycles. The molecule has 0 unspecified atom stereocenters. The zero-order chi connectivity index (χ0) is 23.2. The fourth-order valence-corrected chi connectivity index (χ4v) is 4.13. The molecule has 166 valence electrons. The maximum absolute atomic E-state index is 14.5. The van der Waals surface area contributed by atoms with Gasteiger partial charge in [0.2, 0.25) is 5.91 Å². The maximum Gasteiger partial charge on any atom is 0.221 e. The summed E-state index contributed by atoms with van der Waals surface area (Å²) in [6, 6.07) is 22.9. The number of Topliss-reactive ketones (excluding diaryl/α,β-unsaturated/α-hetero) is 1. The second-order valence-corrected chi connectivity index (χ2v) is 8.27. The predicted octanol–water partition coefficient (Wildman–Crippen LogP) is 5.07. The van der Waals surface area contributed by atoms with Crippen LogP contribution < -0.4 is 5.32 Å². The van der Waals surface area contributed by atoms with Gasteiger partial charge >= 0.3 is 0 Å². The van der Waals surface area contributed by atoms with Gasteiger partial charge in [0.1, 0.15) is 5.82 Å². The van der Waals surface area contributed by atoms with E-state index in [9.17, 15) is 14.0 Å². The van der Waals surface area contributed by atoms with Crippen molar-refractivity contribution in [2.75, 3.05) is 11.1 Å². The molecular weight excluding hydrogens is 439 g/mol. The topological polar surface area (TPSA) is 76.9 Å². The minimum absolute atomic E-state index is 0.0870. The van der Waals surface area contributed by atoms with E-state index in [2.05, 4.69) is 15.5 Å². The summed E-state index contributed by atoms with van der Waals surface area (Å²) in [5.41, 5.74) is 2.52. The van der Waals surface area contributed by atoms with Crippen LogP contribution in [-0.4, -0.2) is 32.2 Å². The van der Waals surface area contributed by atoms with Crippen LogP contribution in [0.5, 0.6) is 0 Å². The highest BCUT2D eigenvalue weighted by Gasteiger charge is 2.19. The number of nitrogens with one attached hydrogen (secondary N) is 1. The number of amides is 1. The number of hydrogen-bond donors (Lipinski definition) is 1. The predicted molar refractivity (Wildman–Crippen MR) is 127 cm³/mol. The summed E-state index contributed by atoms with van der Waals surface area (Å²) < 4.78 is 16.3. The van der Waals surface area contributed by atoms with Crippen LogP contribution >= 0.6 is 11.8 Å². The van der Waals surface area contributed by atoms with Crippen molar-refractivity contribution in [3.63, 3.8) is 0 Å². The lowest BCUT2D eigenvalue weighted by molar-refractivity contribution is -0.114. The molecule has 1 N–H and O–H groups in total. The molecule has 0 saturated carbocycles. The summed E-state index contributed by atoms with van der Waals surface area (Å²) in [5.74, 6) is -0.0919. The summed E-state index contributed by atoms with van der Waals surface area (Å²) in [7, 11) is 0. The summed E-state index contributed by atoms with van der Waals surface area (Å²) in [4.78, 5) is 23.9. The number of rotatable bonds is 8. The molecule has 0 spiro atoms. The molecule has 0 atom stereocenters. The van der Waals surface area contributed by atoms with E-state index in [1.807, 2.05) is 34.9 Å². The normalized spacial score (nSPS) is 10.7. The third-order valence-corrected chi connectivity index (χ3v) is 5.84. The third kappa shape index (κ3) is 5.53. The Bertz CT molecular complexity index is 1270. The van der Waals surface area contributed by atoms with Crippen LogP contribution in [0.4, 0.5) is 10.1 Å². The highest BCUT2D eigenvalue weighted by Crippen LogP contribution is 2.27. The first-order valence-corrected chi connectivity index (χ1v) is 11.3. The summed E-state index contributed by atoms with van der Waals surface area (Å²) in [5, 5.41) is 11.7. The van der Waals surface area contributed by atoms with Crippen molar-refractivity contribution in [2.45, 2.75) is 18.6 Å². The molecule has 0 aliphatic rings. The van der Waals surface area contributed by atoms with Gasteiger partial charge in [-0.1, -0.05) is 54.2 Å². The van der Waals surface area contributed by atoms with Crippen LogP contribution in [0.1, 0.15) is 22.8 Å². The highest BCUT2D eigenvalue weighted by molar-refractivity contribution is 7.99. The molecule has 1 amide bonds. The van der Waals surface area contributed by atoms with E-state index >= 15 is 0 Å². The Hall–Kier alpha value is -3.78. The molecule has 0 saturated heterocycles. The lowest BCUT2D eigenvalue weighted by Gasteiger charge is -2.11. The molecule has 8 heteroatoms. The molecule has 4 rings (SSSR count). The van der Waals surface area contributed by atoms with Crippen molar-refractivity contribution in [2.24, 2.45) is 0 Å². The van der Waals surface area contributed by atoms with Gasteiger partial charge < -0.3 is 5.32 Å². The van der Waals surface area contributed by atoms with Crippen molar-refractivity contribution in [3.8, 4) is 11.4 Å². The number of anilines is 1. The zero-order valence-electron chi connectivity index (χ0n) is 17.9. The van der Waals surface area contributed by atoms with Crippen LogP contribution in [0, 0.1) is 5.82 Å². The molecule has 0 fully saturated rings. The smallest absolute Gasteiger partial charge is 0.221 e. The van der Waals surface area contributed by atoms with Crippen molar-refractivity contribution >= 4 is 29.1 Å². The Morgan fingerprint density at radius 1 is 0.939 bits per heavy atom. The molecule has 1 aromatic heterocycles. The van der Waals surface area contributed by atoms with Crippen molar-refractivity contribution < 1.29 is 14.0 Å². The van der Waals surface area contributed by atoms with Crippen LogP contribution in [0.2, 0.25) is 0 Å². The first-order valence-electron chi connectivity index (χ1n) is 10.3. The maximum atomic E-state index is 14.5. The monoisotopic (exact) mass is 460 g/mol. The van der Waals surface area contributed by atoms with Crippen molar-refractivity contribution in [3.05, 3.63) is 95.8 Å². The van der Waals surface area contributed by atoms with E-state index in [-0.39, 0.29) is 23.3 Å². The average molecular weight is 461 g/mol. The number of carbonyl (C=O) groups is 2. The minimum atomic E-state index is -0.383. The lowest BCUT2D eigenvalue weighted by atomic mass is 10.1. The Balaban J connectivity index is 1.56. The van der Waals surface area contributed by atoms with E-state index in [0.29, 0.717) is 34.3 Å². The van der Waals surface area contributed by atoms with Gasteiger partial charge in [0.25, 0.3) is 0 Å². The lowest BCUT2D eigenvalue weighted by Crippen LogP contribution is -2.08. The first-order chi connectivity index (χ1) is 16.0. The first kappa shape index (κ1) is 22.4. The second kappa shape index (κ2) is 10.2. The standard InChI is InChI=1S/C25H21FN4O2S/c1-17(31)27-20-13-11-19(12-14-20)23(32)16-33-25-29-28-24(21-9-5-6-10-22(21)26)30(25)15-18-7-3-2-4-8-18/h2-14H,15-16H2,1H3,(H,27,31). The summed E-state index contributed by atoms with van der Waals surface area (Å²) in [6.45, 7) is 1.87. The fraction of sp³-hybridized carbons (Fsp3) is 0.120. The molecule has 0 radical (unpaired) electrons. The SMILES string of the molecule is CC(=O)Nc1ccc(C(=O)CSc2nnc(-c3ccccc3F)n2Cc2ccccc2)cc1. The van der Waals surface area contributed by atoms with Gasteiger partial charge in [-0.3, -0.25) is 14.2 Å². The van der Waals surface area contributed by atoms with E-state index in [4.69, 9.17) is 0 Å². The summed E-state index contributed by atoms with van der Waals surface area (Å²) >= 11 is 1.25. The van der Waals surface area contributed by atoms with Gasteiger partial charge in [-0.2, -0.15) is 0 Å². The number of nitrogens with zero attached hydrogens (tertiary/aromatic N) is 3. The van der Waals surface area contributed by atoms with E-state index in [1.54, 1.807) is 42.5 Å². The Labute approximate surface area is 194 Å². The van der Waals surface area contributed by atoms with Gasteiger partial charge in [0, 0.05) is 18.2 Å². The van der Waals surface area contributed by atoms with Gasteiger partial charge in [-0.15, -0.1) is 10.2 Å². The van der Waals surface area contributed by atoms with Crippen LogP contribution in [0.3, 0.4) is 0 Å². The number of benzene rings is 3. The number of aromatic nitrogens is 3. The van der Waals surface area contributed by atoms with E-state index in [0.717, 1.165) is 5.56 Å². The number of carbonyl (C=O) groups excluding carboxylic acids is 2. The molecule has 6 nitrogen and oxygen atoms in total. The van der Waals surface area contributed by atoms with Gasteiger partial charge in [0.05, 0.1) is 17.9 Å². The second-order valence-electron chi connectivity index (χ2n) is 7.33. The number of thioether (sulfide) groups is 1. The molecule has 3 aromatic carbocycles. The Morgan fingerprint density at radius 2 is 1.64 bits per heavy atom. The van der Waals surface area contributed by atoms with Gasteiger partial charge in [-0.25, -0.2) is 4.39 Å². The number of halogens is 1. The summed E-state index contributed by atoms with van der Waals surface area (Å²) in [6.07, 6.45) is 0. The quantitative estimate of drug-likeness (QED) is 0.294. The highest BCUT2D eigenvalue weighted by atomic mass is 32.2. The van der Waals surface area contributed by atoms with E-state index < -0.39 is 0 Å². The molecule has 4 aromatic rings. The van der Waals surface area contributed by atoms with Crippen LogP contribution in [0.25, 0.3) is 11.4 Å². The molecule has 0 bridgehead atoms. The van der Waals surface area contributed by atoms with Crippen LogP contribution in [-0.2, 0) is 11.3 Å². The Kier molecular flexibility index (Phi) is 6.95. The van der Waals surface area contributed by atoms with Crippen LogP contribution in [0.15, 0.2) is 84.0 Å². The third-order valence-electron chi connectivity index (χ3n) is 4.87. The minimum Gasteiger partial charge on any atom is -0.326 e. The number of hydrogen-bond acceptors (Lipinski definition) is 5. The average Bonchev–Trinajstić information content (AvgIpc) is 3.20. The van der Waals surface area contributed by atoms with E-state index in [1.165, 1.54) is 24.8 Å². The number of ketones is 1. The van der Waals surface area contributed by atoms with Crippen molar-refractivity contribution in [1.29, 1.82) is 0 Å². The fourth-order valence-electron chi connectivity index (χ4n) is 3.30. The molecular formula is C25H21FN4O2S. The largest absolute Gasteiger partial charge is 0.326 e. The molecule has 0 aliphatic heterocycles. The Morgan fingerprint density at radius 3 is 2.33 bits per heavy atom. The van der Waals surface area contributed by atoms with Gasteiger partial charge in [-0.05, 0) is 42.0 Å². The zero-order valence-corrected chi connectivity index (χ0v) is 18.7.